The molecule has 2 aliphatic rings. The van der Waals surface area contributed by atoms with Crippen molar-refractivity contribution in [1.82, 2.24) is 43.5 Å². The fraction of sp³-hybridized carbons (Fsp3) is 0.346. The summed E-state index contributed by atoms with van der Waals surface area (Å²) in [5, 5.41) is 0. The van der Waals surface area contributed by atoms with Gasteiger partial charge in [0.15, 0.2) is 22.3 Å². The second-order valence-corrected chi connectivity index (χ2v) is 19.1. The summed E-state index contributed by atoms with van der Waals surface area (Å²) < 4.78 is 33.7. The van der Waals surface area contributed by atoms with Crippen LogP contribution in [-0.2, 0) is 38.5 Å². The van der Waals surface area contributed by atoms with Crippen LogP contribution in [0.15, 0.2) is 122 Å². The van der Waals surface area contributed by atoms with Crippen LogP contribution >= 0.6 is 0 Å². The average Bonchev–Trinajstić information content (AvgIpc) is 3.90. The van der Waals surface area contributed by atoms with Crippen molar-refractivity contribution >= 4 is 34.2 Å². The lowest BCUT2D eigenvalue weighted by atomic mass is 9.87. The van der Waals surface area contributed by atoms with Crippen LogP contribution in [0, 0.1) is 17.6 Å². The van der Waals surface area contributed by atoms with Gasteiger partial charge in [-0.25, -0.2) is 18.4 Å². The lowest BCUT2D eigenvalue weighted by Gasteiger charge is -2.35. The number of rotatable bonds is 10. The number of halogens is 2. The SMILES string of the molecule is CC(C)(C)c1ccc(CN2CCN(c3nc4[nH]c(=O)[nH]c(=O)c4n3Cc3ccccc3F)CC2)cc1.Cn1c(=O)[nH]c(=O)c2c1nc(N1CCC(Cc3ccccc3)CC1)n2Cc1ccccc1F. The molecular formula is C52H57F2N11O4. The van der Waals surface area contributed by atoms with Crippen molar-refractivity contribution < 1.29 is 8.78 Å². The molecule has 0 saturated carbocycles. The van der Waals surface area contributed by atoms with Gasteiger partial charge in [-0.15, -0.1) is 0 Å². The Balaban J connectivity index is 0.000000172. The summed E-state index contributed by atoms with van der Waals surface area (Å²) in [5.41, 5.74) is 3.80. The average molecular weight is 938 g/mol. The molecule has 0 atom stereocenters. The number of aryl methyl sites for hydroxylation is 1. The molecule has 2 fully saturated rings. The van der Waals surface area contributed by atoms with E-state index in [9.17, 15) is 28.0 Å². The zero-order chi connectivity index (χ0) is 48.4. The van der Waals surface area contributed by atoms with E-state index in [-0.39, 0.29) is 46.8 Å². The molecule has 6 heterocycles. The summed E-state index contributed by atoms with van der Waals surface area (Å²) in [5.74, 6) is 1.02. The van der Waals surface area contributed by atoms with E-state index in [0.29, 0.717) is 47.7 Å². The number of aromatic amines is 3. The predicted molar refractivity (Wildman–Crippen MR) is 265 cm³/mol. The van der Waals surface area contributed by atoms with Crippen LogP contribution in [0.25, 0.3) is 22.3 Å². The summed E-state index contributed by atoms with van der Waals surface area (Å²) >= 11 is 0. The molecule has 15 nitrogen and oxygen atoms in total. The molecule has 0 unspecified atom stereocenters. The second-order valence-electron chi connectivity index (χ2n) is 19.1. The monoisotopic (exact) mass is 937 g/mol. The van der Waals surface area contributed by atoms with Crippen molar-refractivity contribution in [3.05, 3.63) is 184 Å². The Morgan fingerprint density at radius 3 is 1.75 bits per heavy atom. The first-order valence-electron chi connectivity index (χ1n) is 23.4. The minimum Gasteiger partial charge on any atom is -0.342 e. The molecule has 0 amide bonds. The van der Waals surface area contributed by atoms with Gasteiger partial charge in [-0.2, -0.15) is 9.97 Å². The molecule has 17 heteroatoms. The standard InChI is InChI=1S/C27H31FN6O2.C25H26FN5O2/c1-27(2,3)20-10-8-18(9-11-20)16-32-12-14-33(15-13-32)26-30-23-22(24(35)31-25(36)29-23)34(26)17-19-6-4-5-7-21(19)28;1-29-22-21(23(32)28-25(29)33)31(16-19-9-5-6-10-20(19)26)24(27-22)30-13-11-18(12-14-30)15-17-7-3-2-4-8-17/h4-11H,12-17H2,1-3H3,(H2,29,31,35,36);2-10,18H,11-16H2,1H3,(H,28,32,33). The largest absolute Gasteiger partial charge is 0.342 e. The molecule has 0 aliphatic carbocycles. The number of benzene rings is 4. The summed E-state index contributed by atoms with van der Waals surface area (Å²) in [6.45, 7) is 12.4. The Labute approximate surface area is 396 Å². The molecule has 2 aliphatic heterocycles. The van der Waals surface area contributed by atoms with Gasteiger partial charge in [-0.05, 0) is 59.4 Å². The summed E-state index contributed by atoms with van der Waals surface area (Å²) in [4.78, 5) is 72.6. The van der Waals surface area contributed by atoms with Crippen LogP contribution < -0.4 is 32.3 Å². The quantitative estimate of drug-likeness (QED) is 0.143. The fourth-order valence-corrected chi connectivity index (χ4v) is 9.42. The number of H-pyrrole nitrogens is 3. The van der Waals surface area contributed by atoms with Gasteiger partial charge in [0.2, 0.25) is 11.9 Å². The molecule has 4 aromatic heterocycles. The first kappa shape index (κ1) is 46.7. The van der Waals surface area contributed by atoms with Gasteiger partial charge in [0, 0.05) is 64.0 Å². The minimum absolute atomic E-state index is 0.129. The van der Waals surface area contributed by atoms with E-state index >= 15 is 0 Å². The van der Waals surface area contributed by atoms with Crippen molar-refractivity contribution in [2.45, 2.75) is 65.1 Å². The van der Waals surface area contributed by atoms with E-state index < -0.39 is 22.5 Å². The topological polar surface area (TPSA) is 166 Å². The lowest BCUT2D eigenvalue weighted by Crippen LogP contribution is -2.47. The Morgan fingerprint density at radius 1 is 0.594 bits per heavy atom. The Morgan fingerprint density at radius 2 is 1.14 bits per heavy atom. The molecule has 0 spiro atoms. The van der Waals surface area contributed by atoms with Gasteiger partial charge in [-0.3, -0.25) is 43.1 Å². The fourth-order valence-electron chi connectivity index (χ4n) is 9.42. The normalized spacial score (nSPS) is 14.9. The minimum atomic E-state index is -0.614. The molecule has 69 heavy (non-hydrogen) atoms. The second kappa shape index (κ2) is 19.7. The lowest BCUT2D eigenvalue weighted by molar-refractivity contribution is 0.248. The van der Waals surface area contributed by atoms with E-state index in [1.54, 1.807) is 52.6 Å². The number of nitrogens with one attached hydrogen (secondary N) is 3. The maximum absolute atomic E-state index is 14.5. The highest BCUT2D eigenvalue weighted by Gasteiger charge is 2.28. The number of piperidine rings is 1. The predicted octanol–water partition coefficient (Wildman–Crippen LogP) is 6.29. The molecule has 10 rings (SSSR count). The van der Waals surface area contributed by atoms with Crippen molar-refractivity contribution in [1.29, 1.82) is 0 Å². The van der Waals surface area contributed by atoms with Gasteiger partial charge in [0.25, 0.3) is 11.1 Å². The van der Waals surface area contributed by atoms with Gasteiger partial charge in [0.1, 0.15) is 11.6 Å². The number of fused-ring (bicyclic) bond motifs is 2. The number of nitrogens with zero attached hydrogens (tertiary/aromatic N) is 8. The van der Waals surface area contributed by atoms with E-state index in [1.807, 2.05) is 6.07 Å². The van der Waals surface area contributed by atoms with E-state index in [1.165, 1.54) is 33.4 Å². The first-order chi connectivity index (χ1) is 33.2. The molecule has 3 N–H and O–H groups in total. The zero-order valence-electron chi connectivity index (χ0n) is 39.3. The highest BCUT2D eigenvalue weighted by molar-refractivity contribution is 5.75. The maximum Gasteiger partial charge on any atom is 0.329 e. The Hall–Kier alpha value is -7.40. The smallest absolute Gasteiger partial charge is 0.329 e. The van der Waals surface area contributed by atoms with Crippen LogP contribution in [-0.4, -0.2) is 82.8 Å². The van der Waals surface area contributed by atoms with Crippen molar-refractivity contribution in [3.63, 3.8) is 0 Å². The highest BCUT2D eigenvalue weighted by atomic mass is 19.1. The summed E-state index contributed by atoms with van der Waals surface area (Å²) in [6.07, 6.45) is 3.02. The number of hydrogen-bond acceptors (Lipinski definition) is 9. The molecule has 0 radical (unpaired) electrons. The highest BCUT2D eigenvalue weighted by Crippen LogP contribution is 2.29. The van der Waals surface area contributed by atoms with E-state index in [2.05, 4.69) is 104 Å². The third kappa shape index (κ3) is 10.2. The number of hydrogen-bond donors (Lipinski definition) is 3. The van der Waals surface area contributed by atoms with Crippen LogP contribution in [0.2, 0.25) is 0 Å². The van der Waals surface area contributed by atoms with Crippen LogP contribution in [0.3, 0.4) is 0 Å². The molecule has 8 aromatic rings. The molecule has 358 valence electrons. The van der Waals surface area contributed by atoms with Crippen molar-refractivity contribution in [2.24, 2.45) is 13.0 Å². The summed E-state index contributed by atoms with van der Waals surface area (Å²) in [7, 11) is 1.58. The van der Waals surface area contributed by atoms with Gasteiger partial charge in [0.05, 0.1) is 13.1 Å². The first-order valence-corrected chi connectivity index (χ1v) is 23.4. The van der Waals surface area contributed by atoms with E-state index in [0.717, 1.165) is 52.0 Å². The maximum atomic E-state index is 14.5. The Bertz CT molecular complexity index is 3330. The Kier molecular flexibility index (Phi) is 13.3. The van der Waals surface area contributed by atoms with Crippen LogP contribution in [0.5, 0.6) is 0 Å². The number of imidazole rings is 2. The van der Waals surface area contributed by atoms with E-state index in [4.69, 9.17) is 4.98 Å². The number of aromatic nitrogens is 8. The molecule has 4 aromatic carbocycles. The number of anilines is 2. The third-order valence-corrected chi connectivity index (χ3v) is 13.3. The van der Waals surface area contributed by atoms with Gasteiger partial charge < -0.3 is 9.80 Å². The molecule has 2 saturated heterocycles. The molecule has 0 bridgehead atoms. The zero-order valence-corrected chi connectivity index (χ0v) is 39.3. The van der Waals surface area contributed by atoms with Crippen molar-refractivity contribution in [2.75, 3.05) is 49.1 Å². The third-order valence-electron chi connectivity index (χ3n) is 13.3. The van der Waals surface area contributed by atoms with Gasteiger partial charge in [-0.1, -0.05) is 112 Å². The van der Waals surface area contributed by atoms with Crippen LogP contribution in [0.1, 0.15) is 61.4 Å². The summed E-state index contributed by atoms with van der Waals surface area (Å²) in [6, 6.07) is 32.3. The van der Waals surface area contributed by atoms with Crippen LogP contribution in [0.4, 0.5) is 20.7 Å². The van der Waals surface area contributed by atoms with Gasteiger partial charge >= 0.3 is 11.4 Å². The molecular weight excluding hydrogens is 881 g/mol. The number of piperazine rings is 1. The van der Waals surface area contributed by atoms with Crippen molar-refractivity contribution in [3.8, 4) is 0 Å².